The Balaban J connectivity index is 2.72. The molecule has 0 fully saturated rings. The average molecular weight is 304 g/mol. The molecule has 2 aromatic rings. The van der Waals surface area contributed by atoms with Crippen LogP contribution in [-0.2, 0) is 0 Å². The van der Waals surface area contributed by atoms with E-state index in [0.717, 1.165) is 0 Å². The van der Waals surface area contributed by atoms with Crippen molar-refractivity contribution in [3.63, 3.8) is 0 Å². The molecule has 4 amide bonds. The number of hydrazine groups is 2. The van der Waals surface area contributed by atoms with Crippen molar-refractivity contribution < 1.29 is 9.59 Å². The van der Waals surface area contributed by atoms with Crippen LogP contribution in [0.3, 0.4) is 0 Å². The van der Waals surface area contributed by atoms with Gasteiger partial charge in [-0.2, -0.15) is 5.10 Å². The monoisotopic (exact) mass is 304 g/mol. The van der Waals surface area contributed by atoms with Crippen molar-refractivity contribution in [2.24, 2.45) is 23.2 Å². The zero-order chi connectivity index (χ0) is 16.4. The number of anilines is 2. The molecule has 0 saturated carbocycles. The number of primary amides is 2. The number of hydrogen-bond acceptors (Lipinski definition) is 5. The summed E-state index contributed by atoms with van der Waals surface area (Å²) in [4.78, 5) is 22.8. The third-order valence-corrected chi connectivity index (χ3v) is 2.95. The lowest BCUT2D eigenvalue weighted by Crippen LogP contribution is -2.46. The maximum Gasteiger partial charge on any atom is 0.335 e. The van der Waals surface area contributed by atoms with Crippen LogP contribution in [0.15, 0.2) is 30.3 Å². The van der Waals surface area contributed by atoms with Gasteiger partial charge in [0.25, 0.3) is 0 Å². The van der Waals surface area contributed by atoms with Crippen molar-refractivity contribution in [2.45, 2.75) is 6.92 Å². The molecular weight excluding hydrogens is 288 g/mol. The van der Waals surface area contributed by atoms with E-state index in [4.69, 9.17) is 23.2 Å². The molecular formula is C12H16N8O2. The van der Waals surface area contributed by atoms with Crippen LogP contribution in [0.25, 0.3) is 5.69 Å². The van der Waals surface area contributed by atoms with Gasteiger partial charge in [-0.15, -0.1) is 0 Å². The highest BCUT2D eigenvalue weighted by Gasteiger charge is 2.27. The average Bonchev–Trinajstić information content (AvgIpc) is 2.83. The summed E-state index contributed by atoms with van der Waals surface area (Å²) in [5.41, 5.74) is 11.4. The number of carbonyl (C=O) groups is 2. The second-order valence-corrected chi connectivity index (χ2v) is 4.42. The molecule has 0 saturated heterocycles. The lowest BCUT2D eigenvalue weighted by atomic mass is 10.3. The Hall–Kier alpha value is -3.11. The second kappa shape index (κ2) is 5.71. The lowest BCUT2D eigenvalue weighted by Gasteiger charge is -2.21. The summed E-state index contributed by atoms with van der Waals surface area (Å²) in [6, 6.07) is 6.95. The molecule has 0 aliphatic heterocycles. The van der Waals surface area contributed by atoms with Crippen LogP contribution in [-0.4, -0.2) is 21.8 Å². The fraction of sp³-hybridized carbons (Fsp3) is 0.0833. The van der Waals surface area contributed by atoms with Crippen LogP contribution in [0.2, 0.25) is 0 Å². The number of carbonyl (C=O) groups excluding carboxylic acids is 2. The smallest absolute Gasteiger partial charge is 0.335 e. The Kier molecular flexibility index (Phi) is 3.97. The number of nitrogens with two attached hydrogens (primary N) is 4. The number of benzene rings is 1. The number of para-hydroxylation sites is 1. The highest BCUT2D eigenvalue weighted by atomic mass is 16.2. The molecule has 0 spiro atoms. The Bertz CT molecular complexity index is 711. The molecule has 22 heavy (non-hydrogen) atoms. The maximum absolute atomic E-state index is 11.4. The summed E-state index contributed by atoms with van der Waals surface area (Å²) in [6.45, 7) is 1.59. The quantitative estimate of drug-likeness (QED) is 0.347. The van der Waals surface area contributed by atoms with Gasteiger partial charge in [-0.3, -0.25) is 0 Å². The number of rotatable bonds is 3. The summed E-state index contributed by atoms with van der Waals surface area (Å²) in [7, 11) is 0. The minimum absolute atomic E-state index is 0.0255. The van der Waals surface area contributed by atoms with E-state index < -0.39 is 12.1 Å². The van der Waals surface area contributed by atoms with Gasteiger partial charge in [-0.25, -0.2) is 36.0 Å². The molecule has 0 unspecified atom stereocenters. The second-order valence-electron chi connectivity index (χ2n) is 4.42. The first-order valence-corrected chi connectivity index (χ1v) is 6.18. The maximum atomic E-state index is 11.4. The highest BCUT2D eigenvalue weighted by Crippen LogP contribution is 2.32. The normalized spacial score (nSPS) is 10.3. The van der Waals surface area contributed by atoms with Crippen LogP contribution in [0.5, 0.6) is 0 Å². The molecule has 0 radical (unpaired) electrons. The Morgan fingerprint density at radius 3 is 2.09 bits per heavy atom. The van der Waals surface area contributed by atoms with E-state index >= 15 is 0 Å². The summed E-state index contributed by atoms with van der Waals surface area (Å²) in [5.74, 6) is 11.4. The Labute approximate surface area is 125 Å². The number of urea groups is 2. The summed E-state index contributed by atoms with van der Waals surface area (Å²) in [6.07, 6.45) is 0. The summed E-state index contributed by atoms with van der Waals surface area (Å²) in [5, 5.41) is 5.54. The standard InChI is InChI=1S/C12H16N8O2/c1-7-9(18(15)11(13)21)10(19(16)12(14)22)20(17-7)8-5-3-2-4-6-8/h2-6H,15-16H2,1H3,(H2,13,21)(H2,14,22). The van der Waals surface area contributed by atoms with Gasteiger partial charge in [0.15, 0.2) is 5.82 Å². The molecule has 1 heterocycles. The number of nitrogens with zero attached hydrogens (tertiary/aromatic N) is 4. The van der Waals surface area contributed by atoms with Gasteiger partial charge in [-0.1, -0.05) is 18.2 Å². The first-order chi connectivity index (χ1) is 10.3. The predicted octanol–water partition coefficient (Wildman–Crippen LogP) is -0.302. The molecule has 8 N–H and O–H groups in total. The van der Waals surface area contributed by atoms with E-state index in [0.29, 0.717) is 21.4 Å². The fourth-order valence-corrected chi connectivity index (χ4v) is 1.97. The molecule has 0 aliphatic carbocycles. The van der Waals surface area contributed by atoms with Crippen LogP contribution in [0.4, 0.5) is 21.1 Å². The molecule has 0 aliphatic rings. The number of aromatic nitrogens is 2. The first kappa shape index (κ1) is 15.3. The third kappa shape index (κ3) is 2.55. The summed E-state index contributed by atoms with van der Waals surface area (Å²) < 4.78 is 1.35. The minimum Gasteiger partial charge on any atom is -0.350 e. The van der Waals surface area contributed by atoms with E-state index in [1.165, 1.54) is 4.68 Å². The van der Waals surface area contributed by atoms with Gasteiger partial charge in [-0.05, 0) is 19.1 Å². The van der Waals surface area contributed by atoms with Crippen LogP contribution >= 0.6 is 0 Å². The van der Waals surface area contributed by atoms with Crippen LogP contribution < -0.4 is 33.2 Å². The molecule has 0 bridgehead atoms. The largest absolute Gasteiger partial charge is 0.350 e. The molecule has 0 atom stereocenters. The number of aryl methyl sites for hydroxylation is 1. The fourth-order valence-electron chi connectivity index (χ4n) is 1.97. The van der Waals surface area contributed by atoms with Crippen molar-refractivity contribution in [2.75, 3.05) is 10.0 Å². The summed E-state index contributed by atoms with van der Waals surface area (Å²) >= 11 is 0. The van der Waals surface area contributed by atoms with Crippen molar-refractivity contribution in [3.05, 3.63) is 36.0 Å². The van der Waals surface area contributed by atoms with Gasteiger partial charge in [0, 0.05) is 0 Å². The molecule has 116 valence electrons. The molecule has 2 rings (SSSR count). The SMILES string of the molecule is Cc1nn(-c2ccccc2)c(N(N)C(N)=O)c1N(N)C(N)=O. The lowest BCUT2D eigenvalue weighted by molar-refractivity contribution is 0.252. The van der Waals surface area contributed by atoms with Gasteiger partial charge in [0.1, 0.15) is 5.69 Å². The van der Waals surface area contributed by atoms with Crippen molar-refractivity contribution in [3.8, 4) is 5.69 Å². The zero-order valence-electron chi connectivity index (χ0n) is 11.8. The van der Waals surface area contributed by atoms with E-state index in [-0.39, 0.29) is 11.5 Å². The molecule has 10 nitrogen and oxygen atoms in total. The molecule has 1 aromatic carbocycles. The zero-order valence-corrected chi connectivity index (χ0v) is 11.8. The van der Waals surface area contributed by atoms with Crippen LogP contribution in [0.1, 0.15) is 5.69 Å². The first-order valence-electron chi connectivity index (χ1n) is 6.18. The van der Waals surface area contributed by atoms with Gasteiger partial charge < -0.3 is 11.5 Å². The van der Waals surface area contributed by atoms with Crippen molar-refractivity contribution in [1.29, 1.82) is 0 Å². The molecule has 10 heteroatoms. The topological polar surface area (TPSA) is 163 Å². The minimum atomic E-state index is -0.948. The molecule has 1 aromatic heterocycles. The highest BCUT2D eigenvalue weighted by molar-refractivity contribution is 5.99. The van der Waals surface area contributed by atoms with E-state index in [2.05, 4.69) is 5.10 Å². The predicted molar refractivity (Wildman–Crippen MR) is 80.8 cm³/mol. The Morgan fingerprint density at radius 2 is 1.59 bits per heavy atom. The van der Waals surface area contributed by atoms with Crippen molar-refractivity contribution >= 4 is 23.6 Å². The Morgan fingerprint density at radius 1 is 1.05 bits per heavy atom. The van der Waals surface area contributed by atoms with E-state index in [9.17, 15) is 9.59 Å². The van der Waals surface area contributed by atoms with Gasteiger partial charge in [0.2, 0.25) is 0 Å². The van der Waals surface area contributed by atoms with Crippen LogP contribution in [0, 0.1) is 6.92 Å². The van der Waals surface area contributed by atoms with E-state index in [1.807, 2.05) is 6.07 Å². The van der Waals surface area contributed by atoms with Gasteiger partial charge >= 0.3 is 12.1 Å². The number of hydrogen-bond donors (Lipinski definition) is 4. The van der Waals surface area contributed by atoms with Crippen molar-refractivity contribution in [1.82, 2.24) is 9.78 Å². The van der Waals surface area contributed by atoms with E-state index in [1.54, 1.807) is 31.2 Å². The third-order valence-electron chi connectivity index (χ3n) is 2.95. The number of amides is 4. The van der Waals surface area contributed by atoms with Gasteiger partial charge in [0.05, 0.1) is 11.4 Å².